The highest BCUT2D eigenvalue weighted by Gasteiger charge is 2.51. The van der Waals surface area contributed by atoms with Crippen molar-refractivity contribution in [3.8, 4) is 0 Å². The highest BCUT2D eigenvalue weighted by molar-refractivity contribution is 5.95. The van der Waals surface area contributed by atoms with E-state index in [1.807, 2.05) is 43.0 Å². The molecule has 23 heavy (non-hydrogen) atoms. The molecule has 2 amide bonds. The zero-order valence-electron chi connectivity index (χ0n) is 13.9. The Morgan fingerprint density at radius 2 is 1.87 bits per heavy atom. The molecule has 1 aliphatic carbocycles. The van der Waals surface area contributed by atoms with Gasteiger partial charge in [0.05, 0.1) is 0 Å². The molecule has 1 spiro atoms. The minimum Gasteiger partial charge on any atom is -0.348 e. The molecule has 0 bridgehead atoms. The van der Waals surface area contributed by atoms with Crippen LogP contribution in [0.15, 0.2) is 35.9 Å². The van der Waals surface area contributed by atoms with E-state index in [2.05, 4.69) is 5.32 Å². The number of benzene rings is 1. The van der Waals surface area contributed by atoms with E-state index in [4.69, 9.17) is 0 Å². The summed E-state index contributed by atoms with van der Waals surface area (Å²) >= 11 is 0. The van der Waals surface area contributed by atoms with Crippen molar-refractivity contribution < 1.29 is 9.59 Å². The fourth-order valence-electron chi connectivity index (χ4n) is 3.39. The molecule has 3 rings (SSSR count). The second-order valence-electron chi connectivity index (χ2n) is 6.92. The fraction of sp³-hybridized carbons (Fsp3) is 0.474. The Kier molecular flexibility index (Phi) is 4.24. The predicted molar refractivity (Wildman–Crippen MR) is 90.0 cm³/mol. The molecule has 0 radical (unpaired) electrons. The Hall–Kier alpha value is -2.10. The van der Waals surface area contributed by atoms with E-state index in [-0.39, 0.29) is 17.4 Å². The van der Waals surface area contributed by atoms with Gasteiger partial charge in [0.1, 0.15) is 0 Å². The van der Waals surface area contributed by atoms with Crippen LogP contribution in [0.3, 0.4) is 0 Å². The van der Waals surface area contributed by atoms with E-state index in [1.165, 1.54) is 6.42 Å². The summed E-state index contributed by atoms with van der Waals surface area (Å²) in [6.07, 6.45) is 6.31. The molecule has 4 heteroatoms. The minimum absolute atomic E-state index is 0.0855. The second-order valence-corrected chi connectivity index (χ2v) is 6.92. The highest BCUT2D eigenvalue weighted by atomic mass is 16.2. The van der Waals surface area contributed by atoms with E-state index in [1.54, 1.807) is 6.08 Å². The fourth-order valence-corrected chi connectivity index (χ4v) is 3.39. The van der Waals surface area contributed by atoms with E-state index < -0.39 is 0 Å². The smallest absolute Gasteiger partial charge is 0.254 e. The zero-order chi connectivity index (χ0) is 16.4. The normalized spacial score (nSPS) is 17.9. The van der Waals surface area contributed by atoms with Gasteiger partial charge in [0.25, 0.3) is 5.91 Å². The Labute approximate surface area is 137 Å². The molecule has 1 aromatic rings. The van der Waals surface area contributed by atoms with Crippen molar-refractivity contribution in [3.63, 3.8) is 0 Å². The van der Waals surface area contributed by atoms with Crippen LogP contribution in [0.5, 0.6) is 0 Å². The monoisotopic (exact) mass is 312 g/mol. The number of carbonyl (C=O) groups excluding carboxylic acids is 2. The van der Waals surface area contributed by atoms with Crippen LogP contribution in [0.2, 0.25) is 0 Å². The third kappa shape index (κ3) is 3.16. The maximum Gasteiger partial charge on any atom is 0.254 e. The van der Waals surface area contributed by atoms with E-state index >= 15 is 0 Å². The summed E-state index contributed by atoms with van der Waals surface area (Å²) in [6.45, 7) is 5.15. The lowest BCUT2D eigenvalue weighted by molar-refractivity contribution is -0.116. The van der Waals surface area contributed by atoms with Crippen LogP contribution in [0.1, 0.15) is 55.5 Å². The molecular weight excluding hydrogens is 288 g/mol. The number of allylic oxidation sites excluding steroid dienone is 1. The summed E-state index contributed by atoms with van der Waals surface area (Å²) in [4.78, 5) is 26.2. The standard InChI is InChI=1S/C19H24N2O2/c1-14(2)12-17(22)20-13-15-4-6-16(7-5-15)18(23)21-11-10-19(21)8-3-9-19/h4-7,12H,3,8-11,13H2,1-2H3,(H,20,22). The molecule has 0 unspecified atom stereocenters. The number of nitrogens with one attached hydrogen (secondary N) is 1. The summed E-state index contributed by atoms with van der Waals surface area (Å²) < 4.78 is 0. The van der Waals surface area contributed by atoms with Crippen molar-refractivity contribution in [2.24, 2.45) is 0 Å². The molecule has 1 saturated heterocycles. The first-order chi connectivity index (χ1) is 11.0. The lowest BCUT2D eigenvalue weighted by atomic mass is 9.67. The molecule has 1 saturated carbocycles. The van der Waals surface area contributed by atoms with Crippen molar-refractivity contribution >= 4 is 11.8 Å². The zero-order valence-corrected chi connectivity index (χ0v) is 13.9. The summed E-state index contributed by atoms with van der Waals surface area (Å²) in [5, 5.41) is 2.84. The Morgan fingerprint density at radius 3 is 2.35 bits per heavy atom. The Balaban J connectivity index is 1.58. The number of likely N-dealkylation sites (tertiary alicyclic amines) is 1. The molecule has 1 aromatic carbocycles. The third-order valence-corrected chi connectivity index (χ3v) is 4.99. The first kappa shape index (κ1) is 15.8. The lowest BCUT2D eigenvalue weighted by Crippen LogP contribution is -2.65. The van der Waals surface area contributed by atoms with E-state index in [9.17, 15) is 9.59 Å². The first-order valence-corrected chi connectivity index (χ1v) is 8.34. The maximum atomic E-state index is 12.6. The molecule has 122 valence electrons. The number of hydrogen-bond donors (Lipinski definition) is 1. The number of hydrogen-bond acceptors (Lipinski definition) is 2. The van der Waals surface area contributed by atoms with Crippen LogP contribution < -0.4 is 5.32 Å². The number of rotatable bonds is 4. The van der Waals surface area contributed by atoms with E-state index in [0.29, 0.717) is 6.54 Å². The van der Waals surface area contributed by atoms with Crippen molar-refractivity contribution in [2.45, 2.75) is 51.6 Å². The van der Waals surface area contributed by atoms with Crippen molar-refractivity contribution in [3.05, 3.63) is 47.0 Å². The molecule has 4 nitrogen and oxygen atoms in total. The van der Waals surface area contributed by atoms with Gasteiger partial charge in [-0.15, -0.1) is 0 Å². The molecule has 2 aliphatic rings. The van der Waals surface area contributed by atoms with Crippen molar-refractivity contribution in [1.29, 1.82) is 0 Å². The Morgan fingerprint density at radius 1 is 1.17 bits per heavy atom. The molecule has 1 aliphatic heterocycles. The van der Waals surface area contributed by atoms with Crippen LogP contribution in [-0.4, -0.2) is 28.8 Å². The van der Waals surface area contributed by atoms with Crippen LogP contribution in [0.25, 0.3) is 0 Å². The van der Waals surface area contributed by atoms with Gasteiger partial charge < -0.3 is 10.2 Å². The van der Waals surface area contributed by atoms with Crippen LogP contribution >= 0.6 is 0 Å². The number of amides is 2. The summed E-state index contributed by atoms with van der Waals surface area (Å²) in [7, 11) is 0. The first-order valence-electron chi connectivity index (χ1n) is 8.34. The van der Waals surface area contributed by atoms with Gasteiger partial charge >= 0.3 is 0 Å². The van der Waals surface area contributed by atoms with Crippen molar-refractivity contribution in [2.75, 3.05) is 6.54 Å². The molecule has 1 heterocycles. The third-order valence-electron chi connectivity index (χ3n) is 4.99. The largest absolute Gasteiger partial charge is 0.348 e. The van der Waals surface area contributed by atoms with Gasteiger partial charge in [-0.3, -0.25) is 9.59 Å². The highest BCUT2D eigenvalue weighted by Crippen LogP contribution is 2.47. The van der Waals surface area contributed by atoms with Crippen LogP contribution in [0.4, 0.5) is 0 Å². The maximum absolute atomic E-state index is 12.6. The average molecular weight is 312 g/mol. The van der Waals surface area contributed by atoms with Gasteiger partial charge in [-0.25, -0.2) is 0 Å². The van der Waals surface area contributed by atoms with Gasteiger partial charge in [0, 0.05) is 30.3 Å². The Bertz CT molecular complexity index is 632. The number of nitrogens with zero attached hydrogens (tertiary/aromatic N) is 1. The molecular formula is C19H24N2O2. The average Bonchev–Trinajstić information content (AvgIpc) is 2.42. The van der Waals surface area contributed by atoms with Gasteiger partial charge in [0.15, 0.2) is 0 Å². The topological polar surface area (TPSA) is 49.4 Å². The second kappa shape index (κ2) is 6.19. The van der Waals surface area contributed by atoms with Crippen molar-refractivity contribution in [1.82, 2.24) is 10.2 Å². The summed E-state index contributed by atoms with van der Waals surface area (Å²) in [6, 6.07) is 7.58. The SMILES string of the molecule is CC(C)=CC(=O)NCc1ccc(C(=O)N2CCC23CCC3)cc1. The van der Waals surface area contributed by atoms with Crippen LogP contribution in [-0.2, 0) is 11.3 Å². The van der Waals surface area contributed by atoms with Gasteiger partial charge in [0.2, 0.25) is 5.91 Å². The summed E-state index contributed by atoms with van der Waals surface area (Å²) in [5.41, 5.74) is 2.91. The molecule has 0 atom stereocenters. The van der Waals surface area contributed by atoms with Gasteiger partial charge in [-0.05, 0) is 57.2 Å². The molecule has 2 fully saturated rings. The number of carbonyl (C=O) groups is 2. The summed E-state index contributed by atoms with van der Waals surface area (Å²) in [5.74, 6) is 0.0636. The van der Waals surface area contributed by atoms with Crippen LogP contribution in [0, 0.1) is 0 Å². The lowest BCUT2D eigenvalue weighted by Gasteiger charge is -2.58. The van der Waals surface area contributed by atoms with E-state index in [0.717, 1.165) is 42.5 Å². The van der Waals surface area contributed by atoms with Gasteiger partial charge in [-0.2, -0.15) is 0 Å². The minimum atomic E-state index is -0.0855. The predicted octanol–water partition coefficient (Wildman–Crippen LogP) is 3.04. The molecule has 1 N–H and O–H groups in total. The van der Waals surface area contributed by atoms with Gasteiger partial charge in [-0.1, -0.05) is 17.7 Å². The quantitative estimate of drug-likeness (QED) is 0.869. The molecule has 0 aromatic heterocycles.